The number of benzene rings is 1. The topological polar surface area (TPSA) is 45.1 Å². The van der Waals surface area contributed by atoms with Gasteiger partial charge in [-0.15, -0.1) is 0 Å². The van der Waals surface area contributed by atoms with Crippen LogP contribution in [0.4, 0.5) is 5.69 Å². The van der Waals surface area contributed by atoms with Gasteiger partial charge in [-0.05, 0) is 36.8 Å². The molecule has 1 heterocycles. The summed E-state index contributed by atoms with van der Waals surface area (Å²) in [5.74, 6) is 0. The second-order valence-corrected chi connectivity index (χ2v) is 5.06. The van der Waals surface area contributed by atoms with Crippen LogP contribution < -0.4 is 5.32 Å². The van der Waals surface area contributed by atoms with Crippen LogP contribution in [0.3, 0.4) is 0 Å². The van der Waals surface area contributed by atoms with E-state index in [0.717, 1.165) is 21.3 Å². The van der Waals surface area contributed by atoms with Crippen LogP contribution in [0.15, 0.2) is 47.2 Å². The summed E-state index contributed by atoms with van der Waals surface area (Å²) < 4.78 is 1.05. The van der Waals surface area contributed by atoms with Gasteiger partial charge in [0.25, 0.3) is 0 Å². The minimum atomic E-state index is -0.554. The molecule has 2 aromatic rings. The average molecular weight is 307 g/mol. The van der Waals surface area contributed by atoms with Crippen molar-refractivity contribution in [3.63, 3.8) is 0 Å². The molecule has 0 amide bonds. The van der Waals surface area contributed by atoms with Gasteiger partial charge in [-0.3, -0.25) is 4.98 Å². The predicted molar refractivity (Wildman–Crippen MR) is 76.6 cm³/mol. The van der Waals surface area contributed by atoms with Crippen LogP contribution in [0.25, 0.3) is 0 Å². The van der Waals surface area contributed by atoms with Crippen molar-refractivity contribution < 1.29 is 5.11 Å². The van der Waals surface area contributed by atoms with Crippen molar-refractivity contribution in [1.29, 1.82) is 0 Å². The van der Waals surface area contributed by atoms with E-state index in [0.29, 0.717) is 6.54 Å². The highest BCUT2D eigenvalue weighted by molar-refractivity contribution is 9.10. The Kier molecular flexibility index (Phi) is 4.33. The number of aryl methyl sites for hydroxylation is 1. The average Bonchev–Trinajstić information content (AvgIpc) is 2.38. The van der Waals surface area contributed by atoms with Crippen molar-refractivity contribution in [1.82, 2.24) is 4.98 Å². The predicted octanol–water partition coefficient (Wildman–Crippen LogP) is 3.30. The number of nitrogens with one attached hydrogen (secondary N) is 1. The molecule has 2 N–H and O–H groups in total. The molecule has 4 heteroatoms. The van der Waals surface area contributed by atoms with E-state index in [1.807, 2.05) is 37.3 Å². The summed E-state index contributed by atoms with van der Waals surface area (Å²) in [6.07, 6.45) is 2.82. The Morgan fingerprint density at radius 3 is 2.89 bits per heavy atom. The van der Waals surface area contributed by atoms with Crippen LogP contribution in [0, 0.1) is 6.92 Å². The molecule has 0 bridgehead atoms. The van der Waals surface area contributed by atoms with Crippen molar-refractivity contribution in [2.75, 3.05) is 11.9 Å². The first kappa shape index (κ1) is 13.1. The lowest BCUT2D eigenvalue weighted by atomic mass is 10.1. The molecule has 0 aliphatic carbocycles. The monoisotopic (exact) mass is 306 g/mol. The molecular formula is C14H15BrN2O. The van der Waals surface area contributed by atoms with E-state index in [1.165, 1.54) is 0 Å². The van der Waals surface area contributed by atoms with Gasteiger partial charge in [0, 0.05) is 34.7 Å². The molecule has 1 aromatic carbocycles. The molecule has 1 aromatic heterocycles. The lowest BCUT2D eigenvalue weighted by molar-refractivity contribution is 0.191. The standard InChI is InChI=1S/C14H15BrN2O/c1-10-7-12(15)4-5-13(10)17-9-14(18)11-3-2-6-16-8-11/h2-8,14,17-18H,9H2,1H3. The third-order valence-corrected chi connectivity index (χ3v) is 3.24. The van der Waals surface area contributed by atoms with Crippen LogP contribution in [0.5, 0.6) is 0 Å². The smallest absolute Gasteiger partial charge is 0.0977 e. The number of aromatic nitrogens is 1. The Labute approximate surface area is 115 Å². The summed E-state index contributed by atoms with van der Waals surface area (Å²) in [6.45, 7) is 2.50. The van der Waals surface area contributed by atoms with Gasteiger partial charge in [0.1, 0.15) is 0 Å². The molecule has 3 nitrogen and oxygen atoms in total. The van der Waals surface area contributed by atoms with Gasteiger partial charge in [0.15, 0.2) is 0 Å². The number of anilines is 1. The molecule has 0 spiro atoms. The molecule has 1 unspecified atom stereocenters. The number of hydrogen-bond donors (Lipinski definition) is 2. The van der Waals surface area contributed by atoms with Crippen molar-refractivity contribution in [3.05, 3.63) is 58.3 Å². The summed E-state index contributed by atoms with van der Waals surface area (Å²) >= 11 is 3.43. The Hall–Kier alpha value is -1.39. The molecule has 94 valence electrons. The number of halogens is 1. The van der Waals surface area contributed by atoms with Crippen LogP contribution in [0.1, 0.15) is 17.2 Å². The molecule has 0 saturated heterocycles. The second-order valence-electron chi connectivity index (χ2n) is 4.14. The summed E-state index contributed by atoms with van der Waals surface area (Å²) in [5.41, 5.74) is 2.99. The first-order valence-corrected chi connectivity index (χ1v) is 6.54. The fourth-order valence-corrected chi connectivity index (χ4v) is 2.20. The maximum absolute atomic E-state index is 10.0. The number of pyridine rings is 1. The van der Waals surface area contributed by atoms with Crippen LogP contribution in [-0.4, -0.2) is 16.6 Å². The summed E-state index contributed by atoms with van der Waals surface area (Å²) in [5, 5.41) is 13.3. The number of aliphatic hydroxyl groups is 1. The third-order valence-electron chi connectivity index (χ3n) is 2.74. The minimum absolute atomic E-state index is 0.466. The van der Waals surface area contributed by atoms with Crippen molar-refractivity contribution >= 4 is 21.6 Å². The number of nitrogens with zero attached hydrogens (tertiary/aromatic N) is 1. The Balaban J connectivity index is 1.99. The highest BCUT2D eigenvalue weighted by Crippen LogP contribution is 2.21. The quantitative estimate of drug-likeness (QED) is 0.911. The third kappa shape index (κ3) is 3.31. The molecule has 2 rings (SSSR count). The fraction of sp³-hybridized carbons (Fsp3) is 0.214. The van der Waals surface area contributed by atoms with Gasteiger partial charge in [0.05, 0.1) is 6.10 Å². The molecule has 0 aliphatic heterocycles. The first-order chi connectivity index (χ1) is 8.66. The van der Waals surface area contributed by atoms with E-state index in [1.54, 1.807) is 12.4 Å². The molecule has 0 aliphatic rings. The first-order valence-electron chi connectivity index (χ1n) is 5.75. The number of rotatable bonds is 4. The van der Waals surface area contributed by atoms with Crippen LogP contribution >= 0.6 is 15.9 Å². The van der Waals surface area contributed by atoms with E-state index in [4.69, 9.17) is 0 Å². The maximum atomic E-state index is 10.0. The van der Waals surface area contributed by atoms with Crippen LogP contribution in [0.2, 0.25) is 0 Å². The maximum Gasteiger partial charge on any atom is 0.0977 e. The molecule has 1 atom stereocenters. The lowest BCUT2D eigenvalue weighted by Gasteiger charge is -2.14. The highest BCUT2D eigenvalue weighted by atomic mass is 79.9. The Bertz CT molecular complexity index is 516. The highest BCUT2D eigenvalue weighted by Gasteiger charge is 2.07. The van der Waals surface area contributed by atoms with E-state index < -0.39 is 6.10 Å². The summed E-state index contributed by atoms with van der Waals surface area (Å²) in [7, 11) is 0. The molecule has 0 fully saturated rings. The molecular weight excluding hydrogens is 292 g/mol. The van der Waals surface area contributed by atoms with Gasteiger partial charge in [-0.2, -0.15) is 0 Å². The van der Waals surface area contributed by atoms with Crippen LogP contribution in [-0.2, 0) is 0 Å². The van der Waals surface area contributed by atoms with Crippen molar-refractivity contribution in [2.45, 2.75) is 13.0 Å². The second kappa shape index (κ2) is 5.98. The van der Waals surface area contributed by atoms with E-state index in [2.05, 4.69) is 26.2 Å². The zero-order valence-electron chi connectivity index (χ0n) is 10.1. The van der Waals surface area contributed by atoms with Gasteiger partial charge >= 0.3 is 0 Å². The number of hydrogen-bond acceptors (Lipinski definition) is 3. The summed E-state index contributed by atoms with van der Waals surface area (Å²) in [4.78, 5) is 4.00. The van der Waals surface area contributed by atoms with Gasteiger partial charge < -0.3 is 10.4 Å². The Morgan fingerprint density at radius 2 is 2.22 bits per heavy atom. The number of aliphatic hydroxyl groups excluding tert-OH is 1. The zero-order valence-corrected chi connectivity index (χ0v) is 11.7. The van der Waals surface area contributed by atoms with Gasteiger partial charge in [-0.1, -0.05) is 22.0 Å². The van der Waals surface area contributed by atoms with Gasteiger partial charge in [-0.25, -0.2) is 0 Å². The largest absolute Gasteiger partial charge is 0.387 e. The van der Waals surface area contributed by atoms with Crippen molar-refractivity contribution in [3.8, 4) is 0 Å². The normalized spacial score (nSPS) is 12.2. The molecule has 18 heavy (non-hydrogen) atoms. The summed E-state index contributed by atoms with van der Waals surface area (Å²) in [6, 6.07) is 9.71. The SMILES string of the molecule is Cc1cc(Br)ccc1NCC(O)c1cccnc1. The van der Waals surface area contributed by atoms with Crippen molar-refractivity contribution in [2.24, 2.45) is 0 Å². The van der Waals surface area contributed by atoms with Gasteiger partial charge in [0.2, 0.25) is 0 Å². The lowest BCUT2D eigenvalue weighted by Crippen LogP contribution is -2.12. The van der Waals surface area contributed by atoms with E-state index >= 15 is 0 Å². The minimum Gasteiger partial charge on any atom is -0.387 e. The van der Waals surface area contributed by atoms with E-state index in [-0.39, 0.29) is 0 Å². The molecule has 0 radical (unpaired) electrons. The molecule has 0 saturated carbocycles. The zero-order chi connectivity index (χ0) is 13.0. The van der Waals surface area contributed by atoms with E-state index in [9.17, 15) is 5.11 Å². The fourth-order valence-electron chi connectivity index (χ4n) is 1.72. The Morgan fingerprint density at radius 1 is 1.39 bits per heavy atom.